The van der Waals surface area contributed by atoms with Gasteiger partial charge in [0.15, 0.2) is 10.6 Å². The molecule has 1 aliphatic carbocycles. The summed E-state index contributed by atoms with van der Waals surface area (Å²) in [5, 5.41) is 7.12. The molecule has 5 rings (SSSR count). The first-order chi connectivity index (χ1) is 12.7. The number of benzene rings is 1. The second-order valence-electron chi connectivity index (χ2n) is 7.32. The third-order valence-corrected chi connectivity index (χ3v) is 7.06. The summed E-state index contributed by atoms with van der Waals surface area (Å²) in [5.74, 6) is 1.74. The number of aromatic nitrogens is 3. The quantitative estimate of drug-likeness (QED) is 0.615. The Morgan fingerprint density at radius 3 is 2.77 bits per heavy atom. The summed E-state index contributed by atoms with van der Waals surface area (Å²) >= 11 is 7.62. The van der Waals surface area contributed by atoms with Crippen LogP contribution < -0.4 is 0 Å². The van der Waals surface area contributed by atoms with E-state index in [1.807, 2.05) is 45.8 Å². The average Bonchev–Trinajstić information content (AvgIpc) is 3.33. The van der Waals surface area contributed by atoms with Crippen molar-refractivity contribution in [2.24, 2.45) is 13.0 Å². The van der Waals surface area contributed by atoms with E-state index in [2.05, 4.69) is 28.5 Å². The molecule has 0 saturated heterocycles. The van der Waals surface area contributed by atoms with Gasteiger partial charge in [0.25, 0.3) is 0 Å². The summed E-state index contributed by atoms with van der Waals surface area (Å²) in [5.41, 5.74) is 2.66. The first-order valence-corrected chi connectivity index (χ1v) is 10.5. The van der Waals surface area contributed by atoms with Gasteiger partial charge in [-0.15, -0.1) is 11.3 Å². The number of rotatable bonds is 4. The van der Waals surface area contributed by atoms with E-state index in [-0.39, 0.29) is 0 Å². The number of hydrogen-bond acceptors (Lipinski definition) is 4. The van der Waals surface area contributed by atoms with Gasteiger partial charge in [0.1, 0.15) is 0 Å². The smallest absolute Gasteiger partial charge is 0.199 e. The molecule has 1 aliphatic heterocycles. The van der Waals surface area contributed by atoms with Gasteiger partial charge >= 0.3 is 0 Å². The molecule has 2 aromatic heterocycles. The van der Waals surface area contributed by atoms with Crippen LogP contribution in [0.3, 0.4) is 0 Å². The van der Waals surface area contributed by atoms with Crippen molar-refractivity contribution in [1.82, 2.24) is 19.2 Å². The van der Waals surface area contributed by atoms with Gasteiger partial charge in [-0.1, -0.05) is 30.3 Å². The standard InChI is InChI=1S/C20H22N4S2/c1-22-19(15-5-3-2-4-6-15)21-24(20(22)25)13-23-11-9-17-16(10-12-26-17)18(23)14-7-8-14/h2-6,10,12,14,18H,7-9,11,13H2,1H3/t18-/m0/s1. The maximum absolute atomic E-state index is 5.70. The van der Waals surface area contributed by atoms with E-state index in [1.165, 1.54) is 12.8 Å². The van der Waals surface area contributed by atoms with Crippen LogP contribution in [-0.4, -0.2) is 25.8 Å². The summed E-state index contributed by atoms with van der Waals surface area (Å²) in [7, 11) is 2.01. The summed E-state index contributed by atoms with van der Waals surface area (Å²) in [6.07, 6.45) is 3.83. The lowest BCUT2D eigenvalue weighted by Crippen LogP contribution is -2.37. The Balaban J connectivity index is 1.47. The summed E-state index contributed by atoms with van der Waals surface area (Å²) in [4.78, 5) is 4.16. The van der Waals surface area contributed by atoms with Crippen LogP contribution in [0.25, 0.3) is 11.4 Å². The van der Waals surface area contributed by atoms with Crippen molar-refractivity contribution in [1.29, 1.82) is 0 Å². The fourth-order valence-corrected chi connectivity index (χ4v) is 5.21. The van der Waals surface area contributed by atoms with Crippen molar-refractivity contribution in [3.63, 3.8) is 0 Å². The normalized spacial score (nSPS) is 20.3. The predicted octanol–water partition coefficient (Wildman–Crippen LogP) is 4.65. The minimum Gasteiger partial charge on any atom is -0.303 e. The topological polar surface area (TPSA) is 26.0 Å². The minimum absolute atomic E-state index is 0.536. The van der Waals surface area contributed by atoms with Gasteiger partial charge in [-0.3, -0.25) is 4.90 Å². The van der Waals surface area contributed by atoms with Gasteiger partial charge in [-0.2, -0.15) is 5.10 Å². The van der Waals surface area contributed by atoms with Crippen LogP contribution in [-0.2, 0) is 20.1 Å². The molecule has 2 aliphatic rings. The van der Waals surface area contributed by atoms with Gasteiger partial charge in [0, 0.05) is 30.1 Å². The molecule has 0 unspecified atom stereocenters. The second kappa shape index (κ2) is 6.44. The lowest BCUT2D eigenvalue weighted by Gasteiger charge is -2.35. The highest BCUT2D eigenvalue weighted by Crippen LogP contribution is 2.48. The molecular weight excluding hydrogens is 360 g/mol. The zero-order chi connectivity index (χ0) is 17.7. The fraction of sp³-hybridized carbons (Fsp3) is 0.400. The van der Waals surface area contributed by atoms with Crippen LogP contribution in [0.2, 0.25) is 0 Å². The van der Waals surface area contributed by atoms with Crippen molar-refractivity contribution in [2.45, 2.75) is 32.0 Å². The number of thiophene rings is 1. The lowest BCUT2D eigenvalue weighted by atomic mass is 9.96. The Bertz CT molecular complexity index is 981. The van der Waals surface area contributed by atoms with Crippen molar-refractivity contribution in [3.8, 4) is 11.4 Å². The molecule has 0 N–H and O–H groups in total. The van der Waals surface area contributed by atoms with Crippen LogP contribution in [0.5, 0.6) is 0 Å². The predicted molar refractivity (Wildman–Crippen MR) is 108 cm³/mol. The van der Waals surface area contributed by atoms with E-state index in [1.54, 1.807) is 10.4 Å². The maximum Gasteiger partial charge on any atom is 0.199 e. The molecule has 0 spiro atoms. The van der Waals surface area contributed by atoms with E-state index in [4.69, 9.17) is 17.3 Å². The zero-order valence-corrected chi connectivity index (χ0v) is 16.5. The van der Waals surface area contributed by atoms with Crippen molar-refractivity contribution in [2.75, 3.05) is 6.54 Å². The Hall–Kier alpha value is -1.76. The molecule has 0 amide bonds. The third kappa shape index (κ3) is 2.76. The Labute approximate surface area is 162 Å². The number of fused-ring (bicyclic) bond motifs is 1. The minimum atomic E-state index is 0.536. The number of nitrogens with zero attached hydrogens (tertiary/aromatic N) is 4. The van der Waals surface area contributed by atoms with Crippen LogP contribution in [0.1, 0.15) is 29.3 Å². The molecule has 0 bridgehead atoms. The highest BCUT2D eigenvalue weighted by Gasteiger charge is 2.40. The first-order valence-electron chi connectivity index (χ1n) is 9.22. The molecule has 1 saturated carbocycles. The molecule has 0 radical (unpaired) electrons. The molecule has 1 aromatic carbocycles. The lowest BCUT2D eigenvalue weighted by molar-refractivity contribution is 0.117. The van der Waals surface area contributed by atoms with Gasteiger partial charge in [0.05, 0.1) is 6.67 Å². The summed E-state index contributed by atoms with van der Waals surface area (Å²) in [6, 6.07) is 13.2. The molecule has 1 atom stereocenters. The monoisotopic (exact) mass is 382 g/mol. The Kier molecular flexibility index (Phi) is 4.07. The van der Waals surface area contributed by atoms with E-state index in [9.17, 15) is 0 Å². The summed E-state index contributed by atoms with van der Waals surface area (Å²) < 4.78 is 4.82. The highest BCUT2D eigenvalue weighted by molar-refractivity contribution is 7.71. The molecule has 3 aromatic rings. The van der Waals surface area contributed by atoms with Gasteiger partial charge < -0.3 is 4.57 Å². The zero-order valence-electron chi connectivity index (χ0n) is 14.8. The molecule has 1 fully saturated rings. The Morgan fingerprint density at radius 1 is 1.19 bits per heavy atom. The van der Waals surface area contributed by atoms with Crippen molar-refractivity contribution in [3.05, 3.63) is 57.0 Å². The summed E-state index contributed by atoms with van der Waals surface area (Å²) in [6.45, 7) is 1.86. The van der Waals surface area contributed by atoms with Crippen molar-refractivity contribution < 1.29 is 0 Å². The van der Waals surface area contributed by atoms with Crippen LogP contribution >= 0.6 is 23.6 Å². The Morgan fingerprint density at radius 2 is 2.00 bits per heavy atom. The van der Waals surface area contributed by atoms with Crippen molar-refractivity contribution >= 4 is 23.6 Å². The molecule has 6 heteroatoms. The van der Waals surface area contributed by atoms with Gasteiger partial charge in [0.2, 0.25) is 0 Å². The van der Waals surface area contributed by atoms with Gasteiger partial charge in [-0.05, 0) is 54.4 Å². The van der Waals surface area contributed by atoms with E-state index in [0.29, 0.717) is 6.04 Å². The van der Waals surface area contributed by atoms with E-state index in [0.717, 1.165) is 41.7 Å². The maximum atomic E-state index is 5.70. The SMILES string of the molecule is Cn1c(-c2ccccc2)nn(CN2CCc3sccc3[C@@H]2C2CC2)c1=S. The third-order valence-electron chi connectivity index (χ3n) is 5.57. The highest BCUT2D eigenvalue weighted by atomic mass is 32.1. The van der Waals surface area contributed by atoms with E-state index >= 15 is 0 Å². The largest absolute Gasteiger partial charge is 0.303 e. The van der Waals surface area contributed by atoms with E-state index < -0.39 is 0 Å². The molecule has 134 valence electrons. The fourth-order valence-electron chi connectivity index (χ4n) is 4.11. The first kappa shape index (κ1) is 16.4. The number of hydrogen-bond donors (Lipinski definition) is 0. The van der Waals surface area contributed by atoms with Crippen LogP contribution in [0.15, 0.2) is 41.8 Å². The second-order valence-corrected chi connectivity index (χ2v) is 8.68. The van der Waals surface area contributed by atoms with Gasteiger partial charge in [-0.25, -0.2) is 4.68 Å². The molecule has 3 heterocycles. The molecular formula is C20H22N4S2. The van der Waals surface area contributed by atoms with Crippen LogP contribution in [0.4, 0.5) is 0 Å². The molecule has 26 heavy (non-hydrogen) atoms. The molecule has 4 nitrogen and oxygen atoms in total. The van der Waals surface area contributed by atoms with Crippen LogP contribution in [0, 0.1) is 10.7 Å². The average molecular weight is 383 g/mol.